The van der Waals surface area contributed by atoms with Crippen molar-refractivity contribution in [2.24, 2.45) is 0 Å². The van der Waals surface area contributed by atoms with E-state index in [9.17, 15) is 18.0 Å². The van der Waals surface area contributed by atoms with Gasteiger partial charge in [-0.3, -0.25) is 4.79 Å². The third kappa shape index (κ3) is 3.21. The second-order valence-corrected chi connectivity index (χ2v) is 4.17. The Morgan fingerprint density at radius 1 is 1.41 bits per heavy atom. The second kappa shape index (κ2) is 5.08. The Hall–Kier alpha value is -1.04. The summed E-state index contributed by atoms with van der Waals surface area (Å²) in [6.07, 6.45) is -4.53. The van der Waals surface area contributed by atoms with E-state index in [1.165, 1.54) is 6.92 Å². The Morgan fingerprint density at radius 3 is 2.41 bits per heavy atom. The van der Waals surface area contributed by atoms with E-state index in [2.05, 4.69) is 15.9 Å². The molecule has 2 nitrogen and oxygen atoms in total. The Bertz CT molecular complexity index is 441. The van der Waals surface area contributed by atoms with Crippen molar-refractivity contribution in [3.63, 3.8) is 0 Å². The molecule has 0 atom stereocenters. The average molecular weight is 311 g/mol. The smallest absolute Gasteiger partial charge is 0.421 e. The first kappa shape index (κ1) is 14.0. The molecule has 0 aromatic heterocycles. The summed E-state index contributed by atoms with van der Waals surface area (Å²) in [6.45, 7) is 2.95. The highest BCUT2D eigenvalue weighted by Crippen LogP contribution is 2.42. The van der Waals surface area contributed by atoms with Gasteiger partial charge in [-0.2, -0.15) is 13.2 Å². The van der Waals surface area contributed by atoms with Crippen LogP contribution in [0.15, 0.2) is 16.6 Å². The number of alkyl halides is 3. The van der Waals surface area contributed by atoms with E-state index >= 15 is 0 Å². The van der Waals surface area contributed by atoms with Crippen molar-refractivity contribution in [2.45, 2.75) is 20.0 Å². The third-order valence-corrected chi connectivity index (χ3v) is 2.67. The van der Waals surface area contributed by atoms with Crippen LogP contribution in [0.3, 0.4) is 0 Å². The van der Waals surface area contributed by atoms with Crippen molar-refractivity contribution >= 4 is 21.7 Å². The van der Waals surface area contributed by atoms with Crippen molar-refractivity contribution in [2.75, 3.05) is 6.61 Å². The summed E-state index contributed by atoms with van der Waals surface area (Å²) in [5.41, 5.74) is -0.724. The maximum Gasteiger partial charge on any atom is 0.421 e. The van der Waals surface area contributed by atoms with E-state index in [-0.39, 0.29) is 28.2 Å². The third-order valence-electron chi connectivity index (χ3n) is 2.04. The number of benzene rings is 1. The van der Waals surface area contributed by atoms with Crippen molar-refractivity contribution in [3.05, 3.63) is 27.7 Å². The highest BCUT2D eigenvalue weighted by atomic mass is 79.9. The SMILES string of the molecule is CCOc1cc(C(C)=O)cc(Br)c1C(F)(F)F. The number of carbonyl (C=O) groups excluding carboxylic acids is 1. The number of rotatable bonds is 3. The fourth-order valence-corrected chi connectivity index (χ4v) is 2.00. The Balaban J connectivity index is 3.43. The van der Waals surface area contributed by atoms with Gasteiger partial charge in [0.15, 0.2) is 5.78 Å². The molecule has 0 unspecified atom stereocenters. The number of hydrogen-bond donors (Lipinski definition) is 0. The molecular weight excluding hydrogens is 301 g/mol. The van der Waals surface area contributed by atoms with Gasteiger partial charge in [-0.25, -0.2) is 0 Å². The van der Waals surface area contributed by atoms with Crippen LogP contribution in [0.5, 0.6) is 5.75 Å². The summed E-state index contributed by atoms with van der Waals surface area (Å²) in [5.74, 6) is -0.653. The Morgan fingerprint density at radius 2 is 2.00 bits per heavy atom. The van der Waals surface area contributed by atoms with Gasteiger partial charge in [0.05, 0.1) is 6.61 Å². The minimum atomic E-state index is -4.53. The lowest BCUT2D eigenvalue weighted by Gasteiger charge is -2.15. The van der Waals surface area contributed by atoms with Crippen LogP contribution >= 0.6 is 15.9 Å². The molecule has 0 spiro atoms. The maximum atomic E-state index is 12.8. The summed E-state index contributed by atoms with van der Waals surface area (Å²) < 4.78 is 43.1. The van der Waals surface area contributed by atoms with Gasteiger partial charge < -0.3 is 4.74 Å². The zero-order valence-corrected chi connectivity index (χ0v) is 10.8. The number of hydrogen-bond acceptors (Lipinski definition) is 2. The molecule has 0 aliphatic heterocycles. The molecule has 0 aliphatic rings. The molecule has 1 rings (SSSR count). The van der Waals surface area contributed by atoms with Gasteiger partial charge in [-0.15, -0.1) is 0 Å². The largest absolute Gasteiger partial charge is 0.493 e. The zero-order chi connectivity index (χ0) is 13.2. The van der Waals surface area contributed by atoms with E-state index in [0.717, 1.165) is 12.1 Å². The molecule has 0 saturated heterocycles. The van der Waals surface area contributed by atoms with E-state index in [4.69, 9.17) is 4.74 Å². The highest BCUT2D eigenvalue weighted by Gasteiger charge is 2.37. The van der Waals surface area contributed by atoms with Gasteiger partial charge in [0, 0.05) is 10.0 Å². The second-order valence-electron chi connectivity index (χ2n) is 3.32. The number of ketones is 1. The van der Waals surface area contributed by atoms with Crippen LogP contribution in [0.1, 0.15) is 29.8 Å². The molecule has 0 radical (unpaired) electrons. The first-order valence-corrected chi connectivity index (χ1v) is 5.61. The molecule has 94 valence electrons. The molecule has 0 N–H and O–H groups in total. The molecule has 1 aromatic rings. The molecule has 0 heterocycles. The first-order valence-electron chi connectivity index (χ1n) is 4.81. The highest BCUT2D eigenvalue weighted by molar-refractivity contribution is 9.10. The molecule has 0 saturated carbocycles. The normalized spacial score (nSPS) is 11.4. The first-order chi connectivity index (χ1) is 7.77. The van der Waals surface area contributed by atoms with Gasteiger partial charge in [-0.1, -0.05) is 15.9 Å². The minimum Gasteiger partial charge on any atom is -0.493 e. The Labute approximate surface area is 105 Å². The summed E-state index contributed by atoms with van der Waals surface area (Å²) in [4.78, 5) is 11.2. The van der Waals surface area contributed by atoms with Gasteiger partial charge in [0.2, 0.25) is 0 Å². The molecule has 17 heavy (non-hydrogen) atoms. The lowest BCUT2D eigenvalue weighted by Crippen LogP contribution is -2.11. The predicted molar refractivity (Wildman–Crippen MR) is 60.3 cm³/mol. The van der Waals surface area contributed by atoms with Crippen molar-refractivity contribution in [3.8, 4) is 5.75 Å². The van der Waals surface area contributed by atoms with Crippen LogP contribution in [0, 0.1) is 0 Å². The lowest BCUT2D eigenvalue weighted by atomic mass is 10.1. The number of Topliss-reactive ketones (excluding diaryl/α,β-unsaturated/α-hetero) is 1. The van der Waals surface area contributed by atoms with Crippen molar-refractivity contribution < 1.29 is 22.7 Å². The fourth-order valence-electron chi connectivity index (χ4n) is 1.33. The molecule has 6 heteroatoms. The zero-order valence-electron chi connectivity index (χ0n) is 9.19. The number of ether oxygens (including phenoxy) is 1. The van der Waals surface area contributed by atoms with E-state index in [0.29, 0.717) is 0 Å². The quantitative estimate of drug-likeness (QED) is 0.787. The fraction of sp³-hybridized carbons (Fsp3) is 0.364. The van der Waals surface area contributed by atoms with Crippen LogP contribution in [0.2, 0.25) is 0 Å². The van der Waals surface area contributed by atoms with Crippen LogP contribution < -0.4 is 4.74 Å². The van der Waals surface area contributed by atoms with E-state index in [1.54, 1.807) is 6.92 Å². The van der Waals surface area contributed by atoms with Gasteiger partial charge in [0.25, 0.3) is 0 Å². The van der Waals surface area contributed by atoms with Gasteiger partial charge in [-0.05, 0) is 26.0 Å². The molecular formula is C11H10BrF3O2. The van der Waals surface area contributed by atoms with Gasteiger partial charge >= 0.3 is 6.18 Å². The van der Waals surface area contributed by atoms with Crippen molar-refractivity contribution in [1.82, 2.24) is 0 Å². The summed E-state index contributed by atoms with van der Waals surface area (Å²) in [5, 5.41) is 0. The van der Waals surface area contributed by atoms with Crippen LogP contribution in [0.4, 0.5) is 13.2 Å². The molecule has 1 aromatic carbocycles. The maximum absolute atomic E-state index is 12.8. The molecule has 0 bridgehead atoms. The van der Waals surface area contributed by atoms with Crippen LogP contribution in [-0.2, 0) is 6.18 Å². The summed E-state index contributed by atoms with van der Waals surface area (Å²) in [7, 11) is 0. The topological polar surface area (TPSA) is 26.3 Å². The minimum absolute atomic E-state index is 0.0941. The van der Waals surface area contributed by atoms with Crippen LogP contribution in [0.25, 0.3) is 0 Å². The number of halogens is 4. The molecule has 0 amide bonds. The van der Waals surface area contributed by atoms with Crippen molar-refractivity contribution in [1.29, 1.82) is 0 Å². The summed E-state index contributed by atoms with van der Waals surface area (Å²) in [6, 6.07) is 2.26. The van der Waals surface area contributed by atoms with Crippen LogP contribution in [-0.4, -0.2) is 12.4 Å². The standard InChI is InChI=1S/C11H10BrF3O2/c1-3-17-9-5-7(6(2)16)4-8(12)10(9)11(13,14)15/h4-5H,3H2,1-2H3. The average Bonchev–Trinajstić information content (AvgIpc) is 2.14. The molecule has 0 fully saturated rings. The summed E-state index contributed by atoms with van der Waals surface area (Å²) >= 11 is 2.82. The van der Waals surface area contributed by atoms with E-state index in [1.807, 2.05) is 0 Å². The monoisotopic (exact) mass is 310 g/mol. The molecule has 0 aliphatic carbocycles. The lowest BCUT2D eigenvalue weighted by molar-refractivity contribution is -0.139. The van der Waals surface area contributed by atoms with Gasteiger partial charge in [0.1, 0.15) is 11.3 Å². The predicted octanol–water partition coefficient (Wildman–Crippen LogP) is 4.07. The van der Waals surface area contributed by atoms with E-state index < -0.39 is 11.7 Å². The Kier molecular flexibility index (Phi) is 4.19. The number of carbonyl (C=O) groups is 1.